The van der Waals surface area contributed by atoms with Gasteiger partial charge in [0.15, 0.2) is 0 Å². The molecule has 0 aliphatic heterocycles. The summed E-state index contributed by atoms with van der Waals surface area (Å²) >= 11 is 0. The highest BCUT2D eigenvalue weighted by atomic mass is 16.5. The summed E-state index contributed by atoms with van der Waals surface area (Å²) in [6, 6.07) is 1.17. The second-order valence-electron chi connectivity index (χ2n) is 7.74. The van der Waals surface area contributed by atoms with Crippen LogP contribution < -0.4 is 10.6 Å². The summed E-state index contributed by atoms with van der Waals surface area (Å²) in [6.07, 6.45) is 14.0. The van der Waals surface area contributed by atoms with E-state index in [-0.39, 0.29) is 0 Å². The molecule has 0 radical (unpaired) electrons. The Morgan fingerprint density at radius 1 is 0.667 bits per heavy atom. The Morgan fingerprint density at radius 2 is 1.04 bits per heavy atom. The highest BCUT2D eigenvalue weighted by Crippen LogP contribution is 2.34. The van der Waals surface area contributed by atoms with Gasteiger partial charge in [0.2, 0.25) is 0 Å². The zero-order chi connectivity index (χ0) is 17.0. The third kappa shape index (κ3) is 6.62. The van der Waals surface area contributed by atoms with Gasteiger partial charge in [-0.15, -0.1) is 0 Å². The zero-order valence-corrected chi connectivity index (χ0v) is 16.0. The fraction of sp³-hybridized carbons (Fsp3) is 1.00. The van der Waals surface area contributed by atoms with Crippen LogP contribution in [-0.2, 0) is 9.47 Å². The minimum atomic E-state index is 0.584. The molecule has 142 valence electrons. The van der Waals surface area contributed by atoms with Gasteiger partial charge in [-0.2, -0.15) is 0 Å². The molecule has 4 heteroatoms. The molecule has 2 aliphatic rings. The van der Waals surface area contributed by atoms with Gasteiger partial charge in [0.05, 0.1) is 13.2 Å². The molecule has 24 heavy (non-hydrogen) atoms. The number of rotatable bonds is 11. The lowest BCUT2D eigenvalue weighted by Gasteiger charge is -2.42. The van der Waals surface area contributed by atoms with E-state index in [0.717, 1.165) is 38.1 Å². The summed E-state index contributed by atoms with van der Waals surface area (Å²) in [5, 5.41) is 7.77. The number of hydrogen-bond donors (Lipinski definition) is 2. The molecule has 2 rings (SSSR count). The highest BCUT2D eigenvalue weighted by molar-refractivity contribution is 4.94. The van der Waals surface area contributed by atoms with Gasteiger partial charge in [-0.1, -0.05) is 38.5 Å². The molecule has 0 amide bonds. The number of methoxy groups -OCH3 is 2. The molecule has 0 bridgehead atoms. The van der Waals surface area contributed by atoms with E-state index in [2.05, 4.69) is 10.6 Å². The molecular formula is C20H40N2O2. The second kappa shape index (κ2) is 12.2. The molecular weight excluding hydrogens is 300 g/mol. The number of nitrogens with one attached hydrogen (secondary N) is 2. The molecule has 0 saturated heterocycles. The van der Waals surface area contributed by atoms with Crippen molar-refractivity contribution in [3.05, 3.63) is 0 Å². The lowest BCUT2D eigenvalue weighted by atomic mass is 9.74. The lowest BCUT2D eigenvalue weighted by molar-refractivity contribution is 0.130. The molecule has 2 saturated carbocycles. The number of ether oxygens (including phenoxy) is 2. The Morgan fingerprint density at radius 3 is 1.38 bits per heavy atom. The van der Waals surface area contributed by atoms with Crippen LogP contribution >= 0.6 is 0 Å². The first-order valence-electron chi connectivity index (χ1n) is 10.3. The first kappa shape index (κ1) is 20.2. The van der Waals surface area contributed by atoms with Crippen molar-refractivity contribution >= 4 is 0 Å². The predicted molar refractivity (Wildman–Crippen MR) is 100 cm³/mol. The summed E-state index contributed by atoms with van der Waals surface area (Å²) in [6.45, 7) is 3.54. The molecule has 2 aliphatic carbocycles. The van der Waals surface area contributed by atoms with Crippen LogP contribution in [0.2, 0.25) is 0 Å². The zero-order valence-electron chi connectivity index (χ0n) is 16.0. The van der Waals surface area contributed by atoms with Gasteiger partial charge in [0, 0.05) is 39.4 Å². The van der Waals surface area contributed by atoms with Crippen molar-refractivity contribution in [3.8, 4) is 0 Å². The quantitative estimate of drug-likeness (QED) is 0.566. The Labute approximate surface area is 149 Å². The van der Waals surface area contributed by atoms with Crippen molar-refractivity contribution in [2.24, 2.45) is 11.8 Å². The van der Waals surface area contributed by atoms with Crippen LogP contribution in [0.25, 0.3) is 0 Å². The van der Waals surface area contributed by atoms with E-state index in [9.17, 15) is 0 Å². The van der Waals surface area contributed by atoms with E-state index in [1.807, 2.05) is 0 Å². The average molecular weight is 341 g/mol. The summed E-state index contributed by atoms with van der Waals surface area (Å²) in [5.74, 6) is 1.63. The van der Waals surface area contributed by atoms with Crippen molar-refractivity contribution in [1.29, 1.82) is 0 Å². The van der Waals surface area contributed by atoms with E-state index < -0.39 is 0 Å². The molecule has 2 fully saturated rings. The Bertz CT molecular complexity index is 272. The molecule has 0 aromatic heterocycles. The summed E-state index contributed by atoms with van der Waals surface area (Å²) < 4.78 is 10.6. The smallest absolute Gasteiger partial charge is 0.0587 e. The van der Waals surface area contributed by atoms with Crippen molar-refractivity contribution < 1.29 is 9.47 Å². The van der Waals surface area contributed by atoms with Crippen LogP contribution in [0.5, 0.6) is 0 Å². The fourth-order valence-electron chi connectivity index (χ4n) is 4.82. The largest absolute Gasteiger partial charge is 0.383 e. The Balaban J connectivity index is 2.03. The molecule has 2 N–H and O–H groups in total. The predicted octanol–water partition coefficient (Wildman–Crippen LogP) is 3.36. The van der Waals surface area contributed by atoms with Gasteiger partial charge in [-0.3, -0.25) is 0 Å². The average Bonchev–Trinajstić information content (AvgIpc) is 2.65. The maximum absolute atomic E-state index is 5.30. The van der Waals surface area contributed by atoms with Crippen LogP contribution in [0.15, 0.2) is 0 Å². The second-order valence-corrected chi connectivity index (χ2v) is 7.74. The van der Waals surface area contributed by atoms with E-state index in [1.54, 1.807) is 14.2 Å². The lowest BCUT2D eigenvalue weighted by Crippen LogP contribution is -2.57. The summed E-state index contributed by atoms with van der Waals surface area (Å²) in [7, 11) is 3.60. The Kier molecular flexibility index (Phi) is 10.3. The molecule has 0 spiro atoms. The Hall–Kier alpha value is -0.160. The maximum Gasteiger partial charge on any atom is 0.0587 e. The van der Waals surface area contributed by atoms with Gasteiger partial charge in [-0.25, -0.2) is 0 Å². The monoisotopic (exact) mass is 340 g/mol. The van der Waals surface area contributed by atoms with Crippen molar-refractivity contribution in [2.75, 3.05) is 40.5 Å². The van der Waals surface area contributed by atoms with Gasteiger partial charge in [0.1, 0.15) is 0 Å². The normalized spacial score (nSPS) is 23.2. The van der Waals surface area contributed by atoms with Gasteiger partial charge in [0.25, 0.3) is 0 Å². The van der Waals surface area contributed by atoms with Crippen LogP contribution in [0.4, 0.5) is 0 Å². The molecule has 0 unspecified atom stereocenters. The first-order chi connectivity index (χ1) is 11.9. The third-order valence-corrected chi connectivity index (χ3v) is 6.07. The van der Waals surface area contributed by atoms with Gasteiger partial charge >= 0.3 is 0 Å². The van der Waals surface area contributed by atoms with Gasteiger partial charge < -0.3 is 20.1 Å². The fourth-order valence-corrected chi connectivity index (χ4v) is 4.82. The van der Waals surface area contributed by atoms with Crippen molar-refractivity contribution in [2.45, 2.75) is 76.3 Å². The van der Waals surface area contributed by atoms with Gasteiger partial charge in [-0.05, 0) is 37.5 Å². The van der Waals surface area contributed by atoms with E-state index in [4.69, 9.17) is 9.47 Å². The molecule has 2 atom stereocenters. The van der Waals surface area contributed by atoms with E-state index in [0.29, 0.717) is 12.1 Å². The molecule has 0 heterocycles. The standard InChI is InChI=1S/C20H40N2O2/c1-23-15-13-21-19(17-9-5-3-6-10-17)20(22-14-16-24-2)18-11-7-4-8-12-18/h17-22H,3-16H2,1-2H3/t19-,20-/m0/s1. The SMILES string of the molecule is COCCN[C@@H](C1CCCCC1)[C@@H](NCCOC)C1CCCCC1. The van der Waals surface area contributed by atoms with Crippen molar-refractivity contribution in [1.82, 2.24) is 10.6 Å². The summed E-state index contributed by atoms with van der Waals surface area (Å²) in [5.41, 5.74) is 0. The molecule has 0 aromatic carbocycles. The van der Waals surface area contributed by atoms with E-state index >= 15 is 0 Å². The molecule has 0 aromatic rings. The maximum atomic E-state index is 5.30. The summed E-state index contributed by atoms with van der Waals surface area (Å²) in [4.78, 5) is 0. The van der Waals surface area contributed by atoms with Crippen molar-refractivity contribution in [3.63, 3.8) is 0 Å². The van der Waals surface area contributed by atoms with Crippen LogP contribution in [-0.4, -0.2) is 52.6 Å². The third-order valence-electron chi connectivity index (χ3n) is 6.07. The van der Waals surface area contributed by atoms with E-state index in [1.165, 1.54) is 64.2 Å². The minimum absolute atomic E-state index is 0.584. The van der Waals surface area contributed by atoms with Crippen LogP contribution in [0, 0.1) is 11.8 Å². The number of hydrogen-bond acceptors (Lipinski definition) is 4. The van der Waals surface area contributed by atoms with Crippen LogP contribution in [0.3, 0.4) is 0 Å². The van der Waals surface area contributed by atoms with Crippen LogP contribution in [0.1, 0.15) is 64.2 Å². The topological polar surface area (TPSA) is 42.5 Å². The molecule has 4 nitrogen and oxygen atoms in total. The highest BCUT2D eigenvalue weighted by Gasteiger charge is 2.35. The minimum Gasteiger partial charge on any atom is -0.383 e. The first-order valence-corrected chi connectivity index (χ1v) is 10.3.